The molecule has 76 valence electrons. The van der Waals surface area contributed by atoms with E-state index in [-0.39, 0.29) is 5.25 Å². The maximum Gasteiger partial charge on any atom is 0.134 e. The van der Waals surface area contributed by atoms with Crippen molar-refractivity contribution >= 4 is 16.6 Å². The number of hydrogen-bond donors (Lipinski definition) is 0. The Balaban J connectivity index is 2.41. The predicted octanol–water partition coefficient (Wildman–Crippen LogP) is 1.90. The molecule has 0 aliphatic heterocycles. The topological polar surface area (TPSA) is 34.1 Å². The summed E-state index contributed by atoms with van der Waals surface area (Å²) >= 11 is 0. The van der Waals surface area contributed by atoms with Gasteiger partial charge in [0.15, 0.2) is 0 Å². The molecule has 3 heteroatoms. The van der Waals surface area contributed by atoms with Gasteiger partial charge in [-0.05, 0) is 18.8 Å². The minimum absolute atomic E-state index is 0.156. The van der Waals surface area contributed by atoms with E-state index in [1.54, 1.807) is 0 Å². The second-order valence-corrected chi connectivity index (χ2v) is 5.96. The first-order valence-corrected chi connectivity index (χ1v) is 6.36. The Morgan fingerprint density at radius 3 is 2.77 bits per heavy atom. The Labute approximate surface area is 82.6 Å². The maximum absolute atomic E-state index is 11.7. The molecule has 2 unspecified atom stereocenters. The lowest BCUT2D eigenvalue weighted by Crippen LogP contribution is -2.27. The monoisotopic (exact) mass is 202 g/mol. The zero-order valence-corrected chi connectivity index (χ0v) is 9.23. The second kappa shape index (κ2) is 4.89. The van der Waals surface area contributed by atoms with Crippen molar-refractivity contribution in [1.82, 2.24) is 0 Å². The van der Waals surface area contributed by atoms with Crippen LogP contribution in [0.3, 0.4) is 0 Å². The van der Waals surface area contributed by atoms with E-state index in [0.717, 1.165) is 18.6 Å². The van der Waals surface area contributed by atoms with Crippen LogP contribution >= 0.6 is 0 Å². The van der Waals surface area contributed by atoms with E-state index in [2.05, 4.69) is 13.8 Å². The van der Waals surface area contributed by atoms with Crippen LogP contribution in [-0.2, 0) is 15.6 Å². The van der Waals surface area contributed by atoms with Gasteiger partial charge < -0.3 is 0 Å². The van der Waals surface area contributed by atoms with E-state index in [1.165, 1.54) is 0 Å². The Kier molecular flexibility index (Phi) is 4.10. The molecule has 0 amide bonds. The van der Waals surface area contributed by atoms with Gasteiger partial charge in [0.25, 0.3) is 0 Å². The van der Waals surface area contributed by atoms with Gasteiger partial charge >= 0.3 is 0 Å². The van der Waals surface area contributed by atoms with Crippen LogP contribution in [0, 0.1) is 5.92 Å². The first-order valence-electron chi connectivity index (χ1n) is 4.98. The molecule has 1 aliphatic rings. The highest BCUT2D eigenvalue weighted by molar-refractivity contribution is 7.85. The molecule has 0 spiro atoms. The van der Waals surface area contributed by atoms with Crippen LogP contribution in [0.15, 0.2) is 0 Å². The van der Waals surface area contributed by atoms with E-state index in [1.807, 2.05) is 0 Å². The summed E-state index contributed by atoms with van der Waals surface area (Å²) in [7, 11) is -0.778. The summed E-state index contributed by atoms with van der Waals surface area (Å²) in [5, 5.41) is 0.156. The average Bonchev–Trinajstić information content (AvgIpc) is 2.03. The number of carbonyl (C=O) groups excluding carboxylic acids is 1. The quantitative estimate of drug-likeness (QED) is 0.700. The summed E-state index contributed by atoms with van der Waals surface area (Å²) in [5.74, 6) is 1.52. The Morgan fingerprint density at radius 1 is 1.54 bits per heavy atom. The molecule has 1 saturated carbocycles. The molecule has 0 saturated heterocycles. The summed E-state index contributed by atoms with van der Waals surface area (Å²) in [6, 6.07) is 0. The Hall–Kier alpha value is -0.180. The SMILES string of the molecule is CC(C)CS(=O)C1CCCC(=O)C1. The molecule has 0 N–H and O–H groups in total. The first kappa shape index (κ1) is 10.9. The lowest BCUT2D eigenvalue weighted by Gasteiger charge is -2.20. The Bertz CT molecular complexity index is 211. The zero-order valence-electron chi connectivity index (χ0n) is 8.41. The molecule has 1 rings (SSSR count). The first-order chi connectivity index (χ1) is 6.09. The number of ketones is 1. The summed E-state index contributed by atoms with van der Waals surface area (Å²) in [5.41, 5.74) is 0. The standard InChI is InChI=1S/C10H18O2S/c1-8(2)7-13(12)10-5-3-4-9(11)6-10/h8,10H,3-7H2,1-2H3. The van der Waals surface area contributed by atoms with Crippen molar-refractivity contribution in [2.24, 2.45) is 5.92 Å². The largest absolute Gasteiger partial charge is 0.300 e. The highest BCUT2D eigenvalue weighted by Crippen LogP contribution is 2.20. The van der Waals surface area contributed by atoms with E-state index in [4.69, 9.17) is 0 Å². The zero-order chi connectivity index (χ0) is 9.84. The summed E-state index contributed by atoms with van der Waals surface area (Å²) in [4.78, 5) is 11.1. The van der Waals surface area contributed by atoms with Crippen molar-refractivity contribution in [3.63, 3.8) is 0 Å². The molecule has 2 nitrogen and oxygen atoms in total. The van der Waals surface area contributed by atoms with Crippen LogP contribution in [0.1, 0.15) is 39.5 Å². The van der Waals surface area contributed by atoms with Crippen LogP contribution in [-0.4, -0.2) is 21.0 Å². The maximum atomic E-state index is 11.7. The van der Waals surface area contributed by atoms with Gasteiger partial charge in [-0.2, -0.15) is 0 Å². The molecule has 0 bridgehead atoms. The van der Waals surface area contributed by atoms with Crippen LogP contribution in [0.2, 0.25) is 0 Å². The van der Waals surface area contributed by atoms with Crippen LogP contribution < -0.4 is 0 Å². The van der Waals surface area contributed by atoms with Crippen LogP contribution in [0.4, 0.5) is 0 Å². The van der Waals surface area contributed by atoms with Crippen molar-refractivity contribution in [3.8, 4) is 0 Å². The number of Topliss-reactive ketones (excluding diaryl/α,β-unsaturated/α-hetero) is 1. The van der Waals surface area contributed by atoms with Gasteiger partial charge in [-0.1, -0.05) is 13.8 Å². The molecule has 0 aromatic heterocycles. The smallest absolute Gasteiger partial charge is 0.134 e. The fourth-order valence-corrected chi connectivity index (χ4v) is 3.40. The molecular formula is C10H18O2S. The number of carbonyl (C=O) groups is 1. The molecule has 0 aromatic rings. The lowest BCUT2D eigenvalue weighted by atomic mass is 9.99. The van der Waals surface area contributed by atoms with Crippen molar-refractivity contribution in [3.05, 3.63) is 0 Å². The second-order valence-electron chi connectivity index (χ2n) is 4.20. The number of rotatable bonds is 3. The van der Waals surface area contributed by atoms with E-state index < -0.39 is 10.8 Å². The van der Waals surface area contributed by atoms with Crippen molar-refractivity contribution in [1.29, 1.82) is 0 Å². The van der Waals surface area contributed by atoms with Crippen molar-refractivity contribution < 1.29 is 9.00 Å². The van der Waals surface area contributed by atoms with Crippen LogP contribution in [0.25, 0.3) is 0 Å². The average molecular weight is 202 g/mol. The fourth-order valence-electron chi connectivity index (χ4n) is 1.67. The van der Waals surface area contributed by atoms with Gasteiger partial charge in [0.05, 0.1) is 0 Å². The normalized spacial score (nSPS) is 26.4. The minimum Gasteiger partial charge on any atom is -0.300 e. The van der Waals surface area contributed by atoms with E-state index in [0.29, 0.717) is 24.5 Å². The molecule has 0 heterocycles. The molecule has 1 aliphatic carbocycles. The third-order valence-corrected chi connectivity index (χ3v) is 4.45. The Morgan fingerprint density at radius 2 is 2.23 bits per heavy atom. The van der Waals surface area contributed by atoms with Gasteiger partial charge in [-0.3, -0.25) is 9.00 Å². The highest BCUT2D eigenvalue weighted by atomic mass is 32.2. The molecular weight excluding hydrogens is 184 g/mol. The minimum atomic E-state index is -0.778. The lowest BCUT2D eigenvalue weighted by molar-refractivity contribution is -0.120. The molecule has 0 radical (unpaired) electrons. The summed E-state index contributed by atoms with van der Waals surface area (Å²) < 4.78 is 11.7. The molecule has 1 fully saturated rings. The van der Waals surface area contributed by atoms with E-state index >= 15 is 0 Å². The van der Waals surface area contributed by atoms with Crippen molar-refractivity contribution in [2.75, 3.05) is 5.75 Å². The molecule has 2 atom stereocenters. The molecule has 0 aromatic carbocycles. The van der Waals surface area contributed by atoms with Gasteiger partial charge in [-0.25, -0.2) is 0 Å². The van der Waals surface area contributed by atoms with Gasteiger partial charge in [0, 0.05) is 34.6 Å². The van der Waals surface area contributed by atoms with E-state index in [9.17, 15) is 9.00 Å². The van der Waals surface area contributed by atoms with Gasteiger partial charge in [0.2, 0.25) is 0 Å². The third kappa shape index (κ3) is 3.59. The summed E-state index contributed by atoms with van der Waals surface area (Å²) in [6.07, 6.45) is 3.17. The predicted molar refractivity (Wildman–Crippen MR) is 55.1 cm³/mol. The molecule has 13 heavy (non-hydrogen) atoms. The highest BCUT2D eigenvalue weighted by Gasteiger charge is 2.24. The summed E-state index contributed by atoms with van der Waals surface area (Å²) in [6.45, 7) is 4.14. The van der Waals surface area contributed by atoms with Crippen molar-refractivity contribution in [2.45, 2.75) is 44.8 Å². The van der Waals surface area contributed by atoms with Gasteiger partial charge in [0.1, 0.15) is 5.78 Å². The fraction of sp³-hybridized carbons (Fsp3) is 0.900. The van der Waals surface area contributed by atoms with Crippen LogP contribution in [0.5, 0.6) is 0 Å². The van der Waals surface area contributed by atoms with Gasteiger partial charge in [-0.15, -0.1) is 0 Å². The third-order valence-electron chi connectivity index (χ3n) is 2.31. The number of hydrogen-bond acceptors (Lipinski definition) is 2.